The van der Waals surface area contributed by atoms with E-state index < -0.39 is 6.09 Å². The highest BCUT2D eigenvalue weighted by molar-refractivity contribution is 7.10. The molecule has 0 aromatic carbocycles. The Morgan fingerprint density at radius 2 is 2.17 bits per heavy atom. The molecule has 0 saturated carbocycles. The fourth-order valence-electron chi connectivity index (χ4n) is 2.08. The van der Waals surface area contributed by atoms with Crippen molar-refractivity contribution in [3.8, 4) is 0 Å². The van der Waals surface area contributed by atoms with E-state index in [0.29, 0.717) is 11.6 Å². The Labute approximate surface area is 149 Å². The minimum absolute atomic E-state index is 0.0536. The van der Waals surface area contributed by atoms with Crippen LogP contribution in [0.25, 0.3) is 6.08 Å². The third-order valence-corrected chi connectivity index (χ3v) is 4.21. The molecule has 5 heteroatoms. The van der Waals surface area contributed by atoms with E-state index in [1.807, 2.05) is 23.6 Å². The van der Waals surface area contributed by atoms with E-state index in [0.717, 1.165) is 30.6 Å². The van der Waals surface area contributed by atoms with Crippen LogP contribution in [0.1, 0.15) is 51.3 Å². The maximum atomic E-state index is 11.8. The number of allylic oxidation sites excluding steroid dienone is 2. The number of thiophene rings is 1. The second kappa shape index (κ2) is 11.6. The monoisotopic (exact) mass is 348 g/mol. The minimum Gasteiger partial charge on any atom is -0.445 e. The highest BCUT2D eigenvalue weighted by Crippen LogP contribution is 2.14. The number of hydrogen-bond donors (Lipinski definition) is 1. The summed E-state index contributed by atoms with van der Waals surface area (Å²) in [7, 11) is 0. The van der Waals surface area contributed by atoms with Gasteiger partial charge >= 0.3 is 6.09 Å². The predicted octanol–water partition coefficient (Wildman–Crippen LogP) is 5.42. The molecule has 1 aromatic rings. The molecule has 2 N–H and O–H groups in total. The fraction of sp³-hybridized carbons (Fsp3) is 0.474. The highest BCUT2D eigenvalue weighted by atomic mass is 32.1. The first-order valence-electron chi connectivity index (χ1n) is 8.43. The van der Waals surface area contributed by atoms with Crippen molar-refractivity contribution >= 4 is 29.7 Å². The topological polar surface area (TPSA) is 64.7 Å². The van der Waals surface area contributed by atoms with Gasteiger partial charge in [0.1, 0.15) is 6.10 Å². The predicted molar refractivity (Wildman–Crippen MR) is 103 cm³/mol. The van der Waals surface area contributed by atoms with Gasteiger partial charge in [-0.05, 0) is 54.9 Å². The Bertz CT molecular complexity index is 560. The van der Waals surface area contributed by atoms with E-state index >= 15 is 0 Å². The zero-order valence-corrected chi connectivity index (χ0v) is 15.6. The lowest BCUT2D eigenvalue weighted by Gasteiger charge is -2.16. The van der Waals surface area contributed by atoms with Gasteiger partial charge < -0.3 is 10.5 Å². The van der Waals surface area contributed by atoms with Gasteiger partial charge in [-0.1, -0.05) is 33.3 Å². The van der Waals surface area contributed by atoms with Crippen molar-refractivity contribution in [2.24, 2.45) is 16.6 Å². The maximum absolute atomic E-state index is 11.8. The van der Waals surface area contributed by atoms with Crippen molar-refractivity contribution in [2.45, 2.75) is 52.6 Å². The number of nitrogens with two attached hydrogens (primary N) is 1. The van der Waals surface area contributed by atoms with Crippen LogP contribution in [0.2, 0.25) is 0 Å². The van der Waals surface area contributed by atoms with Gasteiger partial charge in [0, 0.05) is 16.8 Å². The smallest absolute Gasteiger partial charge is 0.433 e. The molecule has 0 aliphatic heterocycles. The van der Waals surface area contributed by atoms with E-state index in [1.165, 1.54) is 6.21 Å². The molecule has 0 spiro atoms. The summed E-state index contributed by atoms with van der Waals surface area (Å²) in [5, 5.41) is 2.00. The van der Waals surface area contributed by atoms with Crippen LogP contribution in [-0.2, 0) is 4.74 Å². The van der Waals surface area contributed by atoms with Crippen molar-refractivity contribution in [1.29, 1.82) is 0 Å². The zero-order chi connectivity index (χ0) is 17.8. The Morgan fingerprint density at radius 3 is 2.79 bits per heavy atom. The zero-order valence-electron chi connectivity index (χ0n) is 14.8. The quantitative estimate of drug-likeness (QED) is 0.479. The van der Waals surface area contributed by atoms with E-state index in [1.54, 1.807) is 23.5 Å². The molecule has 0 aliphatic carbocycles. The van der Waals surface area contributed by atoms with Crippen molar-refractivity contribution in [3.05, 3.63) is 40.2 Å². The van der Waals surface area contributed by atoms with Crippen LogP contribution in [0.5, 0.6) is 0 Å². The molecule has 0 fully saturated rings. The molecule has 1 heterocycles. The molecule has 1 atom stereocenters. The van der Waals surface area contributed by atoms with Gasteiger partial charge in [0.05, 0.1) is 0 Å². The first-order valence-corrected chi connectivity index (χ1v) is 9.31. The average Bonchev–Trinajstić information content (AvgIpc) is 3.04. The lowest BCUT2D eigenvalue weighted by Crippen LogP contribution is -2.16. The molecule has 0 aliphatic rings. The third kappa shape index (κ3) is 9.30. The van der Waals surface area contributed by atoms with Crippen LogP contribution in [0, 0.1) is 5.92 Å². The van der Waals surface area contributed by atoms with Crippen LogP contribution in [0.15, 0.2) is 40.4 Å². The van der Waals surface area contributed by atoms with Crippen LogP contribution >= 0.6 is 11.3 Å². The second-order valence-electron chi connectivity index (χ2n) is 6.06. The molecule has 0 saturated heterocycles. The number of carbonyl (C=O) groups is 1. The van der Waals surface area contributed by atoms with Crippen molar-refractivity contribution < 1.29 is 9.53 Å². The molecular formula is C19H28N2O2S. The number of carbonyl (C=O) groups excluding carboxylic acids is 1. The lowest BCUT2D eigenvalue weighted by atomic mass is 10.0. The SMILES string of the molecule is CCCC(CCC(C)C)OC(=O)/N=C/C=C(N)/C=C/c1cccs1. The molecule has 1 aromatic heterocycles. The van der Waals surface area contributed by atoms with Gasteiger partial charge in [0.2, 0.25) is 0 Å². The van der Waals surface area contributed by atoms with Crippen LogP contribution in [0.4, 0.5) is 4.79 Å². The normalized spacial score (nSPS) is 13.9. The Balaban J connectivity index is 2.46. The van der Waals surface area contributed by atoms with E-state index in [2.05, 4.69) is 25.8 Å². The van der Waals surface area contributed by atoms with E-state index in [4.69, 9.17) is 10.5 Å². The van der Waals surface area contributed by atoms with Gasteiger partial charge in [-0.2, -0.15) is 4.99 Å². The summed E-state index contributed by atoms with van der Waals surface area (Å²) >= 11 is 1.63. The van der Waals surface area contributed by atoms with Crippen molar-refractivity contribution in [1.82, 2.24) is 0 Å². The lowest BCUT2D eigenvalue weighted by molar-refractivity contribution is 0.0923. The first kappa shape index (κ1) is 20.2. The average molecular weight is 349 g/mol. The van der Waals surface area contributed by atoms with Crippen molar-refractivity contribution in [3.63, 3.8) is 0 Å². The first-order chi connectivity index (χ1) is 11.5. The van der Waals surface area contributed by atoms with E-state index in [-0.39, 0.29) is 6.10 Å². The number of ether oxygens (including phenoxy) is 1. The second-order valence-corrected chi connectivity index (χ2v) is 7.04. The molecule has 4 nitrogen and oxygen atoms in total. The van der Waals surface area contributed by atoms with Gasteiger partial charge in [-0.3, -0.25) is 0 Å². The molecule has 0 bridgehead atoms. The minimum atomic E-state index is -0.552. The van der Waals surface area contributed by atoms with Crippen LogP contribution < -0.4 is 5.73 Å². The summed E-state index contributed by atoms with van der Waals surface area (Å²) in [4.78, 5) is 16.7. The van der Waals surface area contributed by atoms with Crippen LogP contribution in [0.3, 0.4) is 0 Å². The summed E-state index contributed by atoms with van der Waals surface area (Å²) in [6, 6.07) is 3.98. The fourth-order valence-corrected chi connectivity index (χ4v) is 2.70. The highest BCUT2D eigenvalue weighted by Gasteiger charge is 2.13. The number of aliphatic imine (C=N–C) groups is 1. The number of hydrogen-bond acceptors (Lipinski definition) is 4. The Hall–Kier alpha value is -1.88. The molecule has 0 radical (unpaired) electrons. The number of amides is 1. The summed E-state index contributed by atoms with van der Waals surface area (Å²) in [6.07, 6.45) is 9.87. The van der Waals surface area contributed by atoms with Gasteiger partial charge in [0.25, 0.3) is 0 Å². The Morgan fingerprint density at radius 1 is 1.38 bits per heavy atom. The molecule has 1 rings (SSSR count). The summed E-state index contributed by atoms with van der Waals surface area (Å²) in [5.74, 6) is 0.601. The maximum Gasteiger partial charge on any atom is 0.433 e. The van der Waals surface area contributed by atoms with Crippen molar-refractivity contribution in [2.75, 3.05) is 0 Å². The van der Waals surface area contributed by atoms with Gasteiger partial charge in [-0.15, -0.1) is 11.3 Å². The van der Waals surface area contributed by atoms with Gasteiger partial charge in [-0.25, -0.2) is 4.79 Å². The molecule has 24 heavy (non-hydrogen) atoms. The largest absolute Gasteiger partial charge is 0.445 e. The molecule has 1 amide bonds. The Kier molecular flexibility index (Phi) is 9.77. The summed E-state index contributed by atoms with van der Waals surface area (Å²) < 4.78 is 5.42. The molecule has 132 valence electrons. The summed E-state index contributed by atoms with van der Waals surface area (Å²) in [6.45, 7) is 6.42. The van der Waals surface area contributed by atoms with Gasteiger partial charge in [0.15, 0.2) is 0 Å². The van der Waals surface area contributed by atoms with E-state index in [9.17, 15) is 4.79 Å². The number of rotatable bonds is 9. The third-order valence-electron chi connectivity index (χ3n) is 3.37. The van der Waals surface area contributed by atoms with Crippen LogP contribution in [-0.4, -0.2) is 18.4 Å². The standard InChI is InChI=1S/C19H28N2O2S/c1-4-6-17(10-8-15(2)3)23-19(22)21-13-12-16(20)9-11-18-7-5-14-24-18/h5,7,9,11-15,17H,4,6,8,10,20H2,1-3H3/b11-9+,16-12-,21-13+. The molecular weight excluding hydrogens is 320 g/mol. The summed E-state index contributed by atoms with van der Waals surface area (Å²) in [5.41, 5.74) is 6.37. The molecule has 1 unspecified atom stereocenters. The number of nitrogens with zero attached hydrogens (tertiary/aromatic N) is 1.